The Hall–Kier alpha value is -2.34. The number of nitrogens with two attached hydrogens (primary N) is 1. The SMILES string of the molecule is Nc1nccnc1SCc1cc(-c2ccccc2)on1. The second-order valence-corrected chi connectivity index (χ2v) is 5.05. The summed E-state index contributed by atoms with van der Waals surface area (Å²) in [6.07, 6.45) is 3.19. The van der Waals surface area contributed by atoms with Crippen molar-refractivity contribution in [2.24, 2.45) is 0 Å². The number of aromatic nitrogens is 3. The van der Waals surface area contributed by atoms with Crippen molar-refractivity contribution in [2.75, 3.05) is 5.73 Å². The van der Waals surface area contributed by atoms with Crippen LogP contribution in [0.15, 0.2) is 58.3 Å². The van der Waals surface area contributed by atoms with E-state index in [1.165, 1.54) is 11.8 Å². The predicted octanol–water partition coefficient (Wildman–Crippen LogP) is 3.01. The first-order chi connectivity index (χ1) is 9.83. The molecule has 2 aromatic heterocycles. The molecule has 0 amide bonds. The molecule has 0 unspecified atom stereocenters. The molecule has 20 heavy (non-hydrogen) atoms. The van der Waals surface area contributed by atoms with Crippen molar-refractivity contribution < 1.29 is 4.52 Å². The Balaban J connectivity index is 1.71. The van der Waals surface area contributed by atoms with Crippen LogP contribution in [0.2, 0.25) is 0 Å². The minimum Gasteiger partial charge on any atom is -0.381 e. The Morgan fingerprint density at radius 2 is 1.90 bits per heavy atom. The minimum atomic E-state index is 0.435. The van der Waals surface area contributed by atoms with Gasteiger partial charge in [0.25, 0.3) is 0 Å². The Kier molecular flexibility index (Phi) is 3.64. The lowest BCUT2D eigenvalue weighted by Crippen LogP contribution is -1.94. The van der Waals surface area contributed by atoms with Gasteiger partial charge in [-0.1, -0.05) is 47.3 Å². The number of hydrogen-bond donors (Lipinski definition) is 1. The first kappa shape index (κ1) is 12.7. The number of benzene rings is 1. The fraction of sp³-hybridized carbons (Fsp3) is 0.0714. The highest BCUT2D eigenvalue weighted by molar-refractivity contribution is 7.98. The average molecular weight is 284 g/mol. The number of rotatable bonds is 4. The summed E-state index contributed by atoms with van der Waals surface area (Å²) >= 11 is 1.49. The quantitative estimate of drug-likeness (QED) is 0.742. The molecule has 2 N–H and O–H groups in total. The van der Waals surface area contributed by atoms with Gasteiger partial charge in [0.05, 0.1) is 5.69 Å². The molecule has 0 aliphatic heterocycles. The van der Waals surface area contributed by atoms with Gasteiger partial charge >= 0.3 is 0 Å². The Bertz CT molecular complexity index is 699. The van der Waals surface area contributed by atoms with Crippen LogP contribution >= 0.6 is 11.8 Å². The van der Waals surface area contributed by atoms with Crippen molar-refractivity contribution in [2.45, 2.75) is 10.8 Å². The maximum absolute atomic E-state index is 5.74. The van der Waals surface area contributed by atoms with Gasteiger partial charge in [-0.3, -0.25) is 0 Å². The van der Waals surface area contributed by atoms with Gasteiger partial charge in [-0.15, -0.1) is 0 Å². The number of thioether (sulfide) groups is 1. The van der Waals surface area contributed by atoms with Crippen molar-refractivity contribution >= 4 is 17.6 Å². The Morgan fingerprint density at radius 1 is 1.10 bits per heavy atom. The number of anilines is 1. The smallest absolute Gasteiger partial charge is 0.167 e. The second-order valence-electron chi connectivity index (χ2n) is 4.08. The first-order valence-corrected chi connectivity index (χ1v) is 7.02. The Morgan fingerprint density at radius 3 is 2.70 bits per heavy atom. The van der Waals surface area contributed by atoms with Gasteiger partial charge < -0.3 is 10.3 Å². The summed E-state index contributed by atoms with van der Waals surface area (Å²) < 4.78 is 5.34. The third kappa shape index (κ3) is 2.80. The molecule has 0 aliphatic rings. The lowest BCUT2D eigenvalue weighted by Gasteiger charge is -1.99. The molecule has 5 nitrogen and oxygen atoms in total. The highest BCUT2D eigenvalue weighted by Gasteiger charge is 2.08. The molecule has 0 radical (unpaired) electrons. The topological polar surface area (TPSA) is 77.8 Å². The monoisotopic (exact) mass is 284 g/mol. The molecule has 100 valence electrons. The van der Waals surface area contributed by atoms with E-state index < -0.39 is 0 Å². The van der Waals surface area contributed by atoms with Crippen LogP contribution in [-0.4, -0.2) is 15.1 Å². The molecule has 0 aliphatic carbocycles. The van der Waals surface area contributed by atoms with Crippen LogP contribution in [0.25, 0.3) is 11.3 Å². The molecule has 0 atom stereocenters. The fourth-order valence-electron chi connectivity index (χ4n) is 1.71. The van der Waals surface area contributed by atoms with Gasteiger partial charge in [-0.2, -0.15) is 0 Å². The first-order valence-electron chi connectivity index (χ1n) is 6.03. The van der Waals surface area contributed by atoms with Gasteiger partial charge in [-0.05, 0) is 0 Å². The Labute approximate surface area is 120 Å². The lowest BCUT2D eigenvalue weighted by molar-refractivity contribution is 0.426. The van der Waals surface area contributed by atoms with Gasteiger partial charge in [-0.25, -0.2) is 9.97 Å². The zero-order chi connectivity index (χ0) is 13.8. The molecule has 0 spiro atoms. The summed E-state index contributed by atoms with van der Waals surface area (Å²) in [7, 11) is 0. The molecular weight excluding hydrogens is 272 g/mol. The largest absolute Gasteiger partial charge is 0.381 e. The minimum absolute atomic E-state index is 0.435. The van der Waals surface area contributed by atoms with Gasteiger partial charge in [0, 0.05) is 29.8 Å². The van der Waals surface area contributed by atoms with E-state index in [-0.39, 0.29) is 0 Å². The molecule has 0 bridgehead atoms. The number of nitrogens with zero attached hydrogens (tertiary/aromatic N) is 3. The molecule has 3 rings (SSSR count). The van der Waals surface area contributed by atoms with E-state index in [1.807, 2.05) is 36.4 Å². The summed E-state index contributed by atoms with van der Waals surface area (Å²) in [6.45, 7) is 0. The molecule has 0 saturated heterocycles. The summed E-state index contributed by atoms with van der Waals surface area (Å²) in [6, 6.07) is 11.8. The highest BCUT2D eigenvalue weighted by atomic mass is 32.2. The zero-order valence-corrected chi connectivity index (χ0v) is 11.4. The van der Waals surface area contributed by atoms with Crippen molar-refractivity contribution in [3.63, 3.8) is 0 Å². The van der Waals surface area contributed by atoms with E-state index >= 15 is 0 Å². The van der Waals surface area contributed by atoms with Crippen molar-refractivity contribution in [3.05, 3.63) is 54.5 Å². The van der Waals surface area contributed by atoms with E-state index in [2.05, 4.69) is 15.1 Å². The van der Waals surface area contributed by atoms with E-state index in [0.29, 0.717) is 16.6 Å². The summed E-state index contributed by atoms with van der Waals surface area (Å²) in [4.78, 5) is 8.17. The van der Waals surface area contributed by atoms with Gasteiger partial charge in [0.15, 0.2) is 11.6 Å². The van der Waals surface area contributed by atoms with E-state index in [4.69, 9.17) is 10.3 Å². The van der Waals surface area contributed by atoms with Crippen molar-refractivity contribution in [1.29, 1.82) is 0 Å². The third-order valence-electron chi connectivity index (χ3n) is 2.67. The second kappa shape index (κ2) is 5.75. The van der Waals surface area contributed by atoms with E-state index in [0.717, 1.165) is 17.0 Å². The summed E-state index contributed by atoms with van der Waals surface area (Å²) in [5, 5.41) is 4.76. The standard InChI is InChI=1S/C14H12N4OS/c15-13-14(17-7-6-16-13)20-9-11-8-12(19-18-11)10-4-2-1-3-5-10/h1-8H,9H2,(H2,15,16). The lowest BCUT2D eigenvalue weighted by atomic mass is 10.2. The summed E-state index contributed by atoms with van der Waals surface area (Å²) in [5.41, 5.74) is 7.60. The normalized spacial score (nSPS) is 10.6. The van der Waals surface area contributed by atoms with Crippen LogP contribution in [-0.2, 0) is 5.75 Å². The van der Waals surface area contributed by atoms with E-state index in [9.17, 15) is 0 Å². The molecule has 3 aromatic rings. The van der Waals surface area contributed by atoms with Crippen LogP contribution in [0.4, 0.5) is 5.82 Å². The van der Waals surface area contributed by atoms with Crippen LogP contribution in [0.3, 0.4) is 0 Å². The molecular formula is C14H12N4OS. The van der Waals surface area contributed by atoms with Crippen LogP contribution < -0.4 is 5.73 Å². The molecule has 6 heteroatoms. The highest BCUT2D eigenvalue weighted by Crippen LogP contribution is 2.26. The molecule has 2 heterocycles. The fourth-order valence-corrected chi connectivity index (χ4v) is 2.46. The molecule has 1 aromatic carbocycles. The molecule has 0 saturated carbocycles. The average Bonchev–Trinajstić information content (AvgIpc) is 2.96. The summed E-state index contributed by atoms with van der Waals surface area (Å²) in [5.74, 6) is 1.83. The van der Waals surface area contributed by atoms with Crippen LogP contribution in [0.1, 0.15) is 5.69 Å². The maximum Gasteiger partial charge on any atom is 0.167 e. The van der Waals surface area contributed by atoms with Crippen molar-refractivity contribution in [3.8, 4) is 11.3 Å². The van der Waals surface area contributed by atoms with Crippen molar-refractivity contribution in [1.82, 2.24) is 15.1 Å². The van der Waals surface area contributed by atoms with Gasteiger partial charge in [0.2, 0.25) is 0 Å². The third-order valence-corrected chi connectivity index (χ3v) is 3.69. The van der Waals surface area contributed by atoms with Crippen LogP contribution in [0, 0.1) is 0 Å². The predicted molar refractivity (Wildman–Crippen MR) is 77.9 cm³/mol. The van der Waals surface area contributed by atoms with E-state index in [1.54, 1.807) is 12.4 Å². The zero-order valence-electron chi connectivity index (χ0n) is 10.6. The molecule has 0 fully saturated rings. The van der Waals surface area contributed by atoms with Gasteiger partial charge in [0.1, 0.15) is 5.03 Å². The number of hydrogen-bond acceptors (Lipinski definition) is 6. The number of nitrogen functional groups attached to an aromatic ring is 1. The van der Waals surface area contributed by atoms with Crippen LogP contribution in [0.5, 0.6) is 0 Å². The maximum atomic E-state index is 5.74.